The van der Waals surface area contributed by atoms with Gasteiger partial charge in [-0.25, -0.2) is 4.79 Å². The van der Waals surface area contributed by atoms with E-state index in [9.17, 15) is 19.2 Å². The van der Waals surface area contributed by atoms with Crippen LogP contribution in [0.3, 0.4) is 0 Å². The molecule has 3 amide bonds. The predicted molar refractivity (Wildman–Crippen MR) is 96.6 cm³/mol. The van der Waals surface area contributed by atoms with Gasteiger partial charge in [-0.2, -0.15) is 0 Å². The van der Waals surface area contributed by atoms with Crippen molar-refractivity contribution in [1.29, 1.82) is 0 Å². The van der Waals surface area contributed by atoms with E-state index in [1.54, 1.807) is 19.1 Å². The number of ether oxygens (including phenoxy) is 1. The highest BCUT2D eigenvalue weighted by Gasteiger charge is 2.29. The van der Waals surface area contributed by atoms with Gasteiger partial charge in [0.15, 0.2) is 0 Å². The fraction of sp³-hybridized carbons (Fsp3) is 0.222. The molecule has 0 fully saturated rings. The van der Waals surface area contributed by atoms with E-state index >= 15 is 0 Å². The summed E-state index contributed by atoms with van der Waals surface area (Å²) in [4.78, 5) is 47.5. The Morgan fingerprint density at radius 1 is 1.15 bits per heavy atom. The molecule has 0 unspecified atom stereocenters. The van der Waals surface area contributed by atoms with Crippen LogP contribution in [0.1, 0.15) is 50.7 Å². The molecule has 0 atom stereocenters. The highest BCUT2D eigenvalue weighted by Crippen LogP contribution is 2.28. The fourth-order valence-corrected chi connectivity index (χ4v) is 2.43. The summed E-state index contributed by atoms with van der Waals surface area (Å²) in [7, 11) is 0. The molecule has 0 bridgehead atoms. The van der Waals surface area contributed by atoms with Crippen LogP contribution in [0.2, 0.25) is 0 Å². The largest absolute Gasteiger partial charge is 0.462 e. The smallest absolute Gasteiger partial charge is 0.342 e. The molecule has 0 radical (unpaired) electrons. The standard InChI is InChI=1S/C18H19N3O6/c1-4-26-18(25)13-9(2)27-17(14(13)15(19)23)21-16(24)11-6-5-7-12(8-11)20-10(3)22/h5-8H,4H2,1-3H3,(H2,19,23)(H,20,22)(H,21,24). The van der Waals surface area contributed by atoms with Gasteiger partial charge < -0.3 is 20.2 Å². The second-order valence-electron chi connectivity index (χ2n) is 5.54. The van der Waals surface area contributed by atoms with Crippen LogP contribution < -0.4 is 16.4 Å². The number of hydrogen-bond donors (Lipinski definition) is 3. The quantitative estimate of drug-likeness (QED) is 0.662. The van der Waals surface area contributed by atoms with Gasteiger partial charge >= 0.3 is 5.97 Å². The van der Waals surface area contributed by atoms with Gasteiger partial charge in [0.2, 0.25) is 11.8 Å². The summed E-state index contributed by atoms with van der Waals surface area (Å²) in [5, 5.41) is 4.98. The fourth-order valence-electron chi connectivity index (χ4n) is 2.43. The molecule has 1 aromatic heterocycles. The van der Waals surface area contributed by atoms with E-state index in [0.29, 0.717) is 5.69 Å². The van der Waals surface area contributed by atoms with Crippen molar-refractivity contribution in [2.24, 2.45) is 5.73 Å². The summed E-state index contributed by atoms with van der Waals surface area (Å²) in [6, 6.07) is 6.14. The van der Waals surface area contributed by atoms with Gasteiger partial charge in [-0.3, -0.25) is 19.7 Å². The second kappa shape index (κ2) is 8.17. The van der Waals surface area contributed by atoms with Gasteiger partial charge in [-0.15, -0.1) is 0 Å². The lowest BCUT2D eigenvalue weighted by atomic mass is 10.1. The van der Waals surface area contributed by atoms with Crippen LogP contribution in [-0.2, 0) is 9.53 Å². The Morgan fingerprint density at radius 2 is 1.85 bits per heavy atom. The van der Waals surface area contributed by atoms with Gasteiger partial charge in [-0.05, 0) is 32.0 Å². The van der Waals surface area contributed by atoms with Crippen LogP contribution >= 0.6 is 0 Å². The molecular formula is C18H19N3O6. The maximum absolute atomic E-state index is 12.5. The Bertz CT molecular complexity index is 916. The Morgan fingerprint density at radius 3 is 2.44 bits per heavy atom. The molecular weight excluding hydrogens is 354 g/mol. The van der Waals surface area contributed by atoms with Crippen molar-refractivity contribution < 1.29 is 28.3 Å². The number of rotatable bonds is 6. The molecule has 9 heteroatoms. The van der Waals surface area contributed by atoms with E-state index in [-0.39, 0.29) is 40.8 Å². The number of amides is 3. The number of furan rings is 1. The minimum Gasteiger partial charge on any atom is -0.462 e. The van der Waals surface area contributed by atoms with Crippen molar-refractivity contribution in [2.75, 3.05) is 17.2 Å². The minimum atomic E-state index is -0.947. The number of esters is 1. The summed E-state index contributed by atoms with van der Waals surface area (Å²) in [6.45, 7) is 4.50. The number of carbonyl (C=O) groups is 4. The lowest BCUT2D eigenvalue weighted by Crippen LogP contribution is -2.20. The Labute approximate surface area is 154 Å². The topological polar surface area (TPSA) is 141 Å². The zero-order valence-electron chi connectivity index (χ0n) is 15.0. The number of hydrogen-bond acceptors (Lipinski definition) is 6. The molecule has 2 aromatic rings. The van der Waals surface area contributed by atoms with E-state index in [2.05, 4.69) is 10.6 Å². The van der Waals surface area contributed by atoms with Crippen molar-refractivity contribution in [3.63, 3.8) is 0 Å². The Balaban J connectivity index is 2.36. The van der Waals surface area contributed by atoms with Gasteiger partial charge in [0.25, 0.3) is 11.8 Å². The number of primary amides is 1. The summed E-state index contributed by atoms with van der Waals surface area (Å²) in [5.41, 5.74) is 5.57. The Hall–Kier alpha value is -3.62. The first kappa shape index (κ1) is 19.7. The van der Waals surface area contributed by atoms with E-state index < -0.39 is 17.8 Å². The highest BCUT2D eigenvalue weighted by atomic mass is 16.5. The van der Waals surface area contributed by atoms with Crippen molar-refractivity contribution >= 4 is 35.3 Å². The maximum atomic E-state index is 12.5. The summed E-state index contributed by atoms with van der Waals surface area (Å²) in [6.07, 6.45) is 0. The zero-order valence-corrected chi connectivity index (χ0v) is 15.0. The number of anilines is 2. The van der Waals surface area contributed by atoms with Crippen LogP contribution in [0.15, 0.2) is 28.7 Å². The third-order valence-electron chi connectivity index (χ3n) is 3.48. The zero-order chi connectivity index (χ0) is 20.1. The molecule has 1 aromatic carbocycles. The molecule has 0 aliphatic carbocycles. The SMILES string of the molecule is CCOC(=O)c1c(C)oc(NC(=O)c2cccc(NC(C)=O)c2)c1C(N)=O. The third kappa shape index (κ3) is 4.51. The molecule has 4 N–H and O–H groups in total. The van der Waals surface area contributed by atoms with Crippen LogP contribution in [0.25, 0.3) is 0 Å². The second-order valence-corrected chi connectivity index (χ2v) is 5.54. The summed E-state index contributed by atoms with van der Waals surface area (Å²) in [5.74, 6) is -2.79. The number of nitrogens with two attached hydrogens (primary N) is 1. The molecule has 9 nitrogen and oxygen atoms in total. The van der Waals surface area contributed by atoms with Crippen LogP contribution in [0.5, 0.6) is 0 Å². The highest BCUT2D eigenvalue weighted by molar-refractivity contribution is 6.12. The molecule has 0 aliphatic rings. The molecule has 0 saturated carbocycles. The number of benzene rings is 1. The molecule has 27 heavy (non-hydrogen) atoms. The third-order valence-corrected chi connectivity index (χ3v) is 3.48. The van der Waals surface area contributed by atoms with Gasteiger partial charge in [0, 0.05) is 18.2 Å². The normalized spacial score (nSPS) is 10.2. The Kier molecular flexibility index (Phi) is 5.96. The lowest BCUT2D eigenvalue weighted by Gasteiger charge is -2.07. The van der Waals surface area contributed by atoms with Gasteiger partial charge in [0.05, 0.1) is 6.61 Å². The first-order valence-electron chi connectivity index (χ1n) is 8.03. The summed E-state index contributed by atoms with van der Waals surface area (Å²) >= 11 is 0. The van der Waals surface area contributed by atoms with Gasteiger partial charge in [-0.1, -0.05) is 6.07 Å². The van der Waals surface area contributed by atoms with Gasteiger partial charge in [0.1, 0.15) is 16.9 Å². The average Bonchev–Trinajstić information content (AvgIpc) is 2.91. The van der Waals surface area contributed by atoms with Crippen LogP contribution in [0.4, 0.5) is 11.6 Å². The van der Waals surface area contributed by atoms with E-state index in [1.165, 1.54) is 26.0 Å². The number of carbonyl (C=O) groups excluding carboxylic acids is 4. The van der Waals surface area contributed by atoms with Crippen molar-refractivity contribution in [1.82, 2.24) is 0 Å². The average molecular weight is 373 g/mol. The van der Waals surface area contributed by atoms with Crippen molar-refractivity contribution in [3.05, 3.63) is 46.7 Å². The van der Waals surface area contributed by atoms with Crippen LogP contribution in [-0.4, -0.2) is 30.3 Å². The van der Waals surface area contributed by atoms with E-state index in [0.717, 1.165) is 0 Å². The summed E-state index contributed by atoms with van der Waals surface area (Å²) < 4.78 is 10.3. The first-order chi connectivity index (χ1) is 12.7. The van der Waals surface area contributed by atoms with Crippen LogP contribution in [0, 0.1) is 6.92 Å². The molecule has 0 aliphatic heterocycles. The van der Waals surface area contributed by atoms with E-state index in [4.69, 9.17) is 14.9 Å². The number of nitrogens with one attached hydrogen (secondary N) is 2. The predicted octanol–water partition coefficient (Wildman–Crippen LogP) is 2.07. The molecule has 142 valence electrons. The number of aryl methyl sites for hydroxylation is 1. The molecule has 2 rings (SSSR count). The maximum Gasteiger partial charge on any atom is 0.342 e. The first-order valence-corrected chi connectivity index (χ1v) is 8.03. The lowest BCUT2D eigenvalue weighted by molar-refractivity contribution is -0.114. The molecule has 1 heterocycles. The monoisotopic (exact) mass is 373 g/mol. The molecule has 0 saturated heterocycles. The van der Waals surface area contributed by atoms with E-state index in [1.807, 2.05) is 0 Å². The molecule has 0 spiro atoms. The van der Waals surface area contributed by atoms with Crippen molar-refractivity contribution in [3.8, 4) is 0 Å². The van der Waals surface area contributed by atoms with Crippen molar-refractivity contribution in [2.45, 2.75) is 20.8 Å². The minimum absolute atomic E-state index is 0.0875.